The highest BCUT2D eigenvalue weighted by Crippen LogP contribution is 2.44. The first-order valence-electron chi connectivity index (χ1n) is 12.3. The molecule has 6 atom stereocenters. The summed E-state index contributed by atoms with van der Waals surface area (Å²) >= 11 is 0. The number of carboxylic acids is 1. The Hall–Kier alpha value is -4.21. The summed E-state index contributed by atoms with van der Waals surface area (Å²) in [6.45, 7) is 0.215. The third kappa shape index (κ3) is 6.11. The van der Waals surface area contributed by atoms with Crippen molar-refractivity contribution in [2.24, 2.45) is 0 Å². The number of carbonyl (C=O) groups excluding carboxylic acids is 1. The third-order valence-electron chi connectivity index (χ3n) is 6.62. The van der Waals surface area contributed by atoms with Gasteiger partial charge >= 0.3 is 11.9 Å². The minimum atomic E-state index is -2.00. The summed E-state index contributed by atoms with van der Waals surface area (Å²) < 4.78 is 16.7. The second-order valence-electron chi connectivity index (χ2n) is 10.0. The molecule has 0 bridgehead atoms. The highest BCUT2D eigenvalue weighted by atomic mass is 16.6. The lowest BCUT2D eigenvalue weighted by atomic mass is 9.89. The fourth-order valence-corrected chi connectivity index (χ4v) is 4.73. The predicted molar refractivity (Wildman–Crippen MR) is 137 cm³/mol. The quantitative estimate of drug-likeness (QED) is 0.168. The van der Waals surface area contributed by atoms with E-state index in [1.165, 1.54) is 24.3 Å². The number of aliphatic carboxylic acids is 1. The summed E-state index contributed by atoms with van der Waals surface area (Å²) in [4.78, 5) is 36.3. The first-order valence-corrected chi connectivity index (χ1v) is 12.3. The number of carbonyl (C=O) groups is 2. The summed E-state index contributed by atoms with van der Waals surface area (Å²) in [5, 5.41) is 81.2. The van der Waals surface area contributed by atoms with E-state index in [4.69, 9.17) is 19.0 Å². The van der Waals surface area contributed by atoms with Gasteiger partial charge in [-0.1, -0.05) is 0 Å². The minimum absolute atomic E-state index is 0.0430. The van der Waals surface area contributed by atoms with Crippen LogP contribution in [-0.2, 0) is 19.1 Å². The Bertz CT molecular complexity index is 1510. The second-order valence-corrected chi connectivity index (χ2v) is 10.0. The largest absolute Gasteiger partial charge is 0.508 e. The molecule has 8 N–H and O–H groups in total. The van der Waals surface area contributed by atoms with Crippen molar-refractivity contribution in [1.29, 1.82) is 0 Å². The molecule has 0 spiro atoms. The van der Waals surface area contributed by atoms with Crippen LogP contribution in [0.4, 0.5) is 0 Å². The zero-order valence-electron chi connectivity index (χ0n) is 21.5. The molecule has 1 saturated heterocycles. The van der Waals surface area contributed by atoms with E-state index in [-0.39, 0.29) is 22.5 Å². The van der Waals surface area contributed by atoms with Gasteiger partial charge in [-0.2, -0.15) is 0 Å². The second kappa shape index (κ2) is 11.3. The van der Waals surface area contributed by atoms with Crippen molar-refractivity contribution in [1.82, 2.24) is 0 Å². The van der Waals surface area contributed by atoms with E-state index in [9.17, 15) is 50.1 Å². The summed E-state index contributed by atoms with van der Waals surface area (Å²) in [6.07, 6.45) is -10.4. The molecular formula is C27H28O14. The molecule has 1 aliphatic heterocycles. The first-order chi connectivity index (χ1) is 19.2. The fourth-order valence-electron chi connectivity index (χ4n) is 4.73. The number of hydrogen-bond donors (Lipinski definition) is 8. The van der Waals surface area contributed by atoms with Crippen LogP contribution in [0.3, 0.4) is 0 Å². The maximum atomic E-state index is 13.0. The Kier molecular flexibility index (Phi) is 8.24. The van der Waals surface area contributed by atoms with Gasteiger partial charge in [0.05, 0.1) is 30.6 Å². The van der Waals surface area contributed by atoms with Gasteiger partial charge in [0.1, 0.15) is 52.8 Å². The van der Waals surface area contributed by atoms with Gasteiger partial charge in [0.25, 0.3) is 0 Å². The molecule has 2 heterocycles. The van der Waals surface area contributed by atoms with Crippen LogP contribution >= 0.6 is 0 Å². The smallest absolute Gasteiger partial charge is 0.309 e. The lowest BCUT2D eigenvalue weighted by Gasteiger charge is -2.42. The van der Waals surface area contributed by atoms with Gasteiger partial charge in [0.2, 0.25) is 0 Å². The number of hydrogen-bond acceptors (Lipinski definition) is 13. The Morgan fingerprint density at radius 1 is 1.00 bits per heavy atom. The highest BCUT2D eigenvalue weighted by molar-refractivity contribution is 5.89. The van der Waals surface area contributed by atoms with E-state index in [2.05, 4.69) is 0 Å². The van der Waals surface area contributed by atoms with Crippen LogP contribution in [-0.4, -0.2) is 89.4 Å². The van der Waals surface area contributed by atoms with E-state index in [1.807, 2.05) is 0 Å². The van der Waals surface area contributed by atoms with Crippen molar-refractivity contribution in [3.8, 4) is 28.6 Å². The van der Waals surface area contributed by atoms with Crippen molar-refractivity contribution >= 4 is 22.9 Å². The number of phenols is 3. The molecule has 0 aliphatic carbocycles. The van der Waals surface area contributed by atoms with Crippen molar-refractivity contribution < 1.29 is 64.3 Å². The summed E-state index contributed by atoms with van der Waals surface area (Å²) in [6, 6.07) is 7.41. The van der Waals surface area contributed by atoms with Gasteiger partial charge in [-0.15, -0.1) is 0 Å². The van der Waals surface area contributed by atoms with Crippen molar-refractivity contribution in [2.45, 2.75) is 55.9 Å². The van der Waals surface area contributed by atoms with Crippen LogP contribution < -0.4 is 5.43 Å². The van der Waals surface area contributed by atoms with Gasteiger partial charge in [-0.3, -0.25) is 14.4 Å². The van der Waals surface area contributed by atoms with Gasteiger partial charge in [0, 0.05) is 17.7 Å². The number of phenolic OH excluding ortho intramolecular Hbond substituents is 3. The van der Waals surface area contributed by atoms with Crippen molar-refractivity contribution in [3.63, 3.8) is 0 Å². The Morgan fingerprint density at radius 3 is 2.27 bits per heavy atom. The average Bonchev–Trinajstić information content (AvgIpc) is 2.86. The normalized spacial score (nSPS) is 24.1. The molecule has 0 radical (unpaired) electrons. The topological polar surface area (TPSA) is 245 Å². The Morgan fingerprint density at radius 2 is 1.66 bits per heavy atom. The van der Waals surface area contributed by atoms with E-state index in [0.717, 1.165) is 19.1 Å². The molecular weight excluding hydrogens is 548 g/mol. The zero-order chi connectivity index (χ0) is 30.2. The number of fused-ring (bicyclic) bond motifs is 1. The maximum Gasteiger partial charge on any atom is 0.309 e. The molecule has 14 heteroatoms. The van der Waals surface area contributed by atoms with Gasteiger partial charge in [-0.25, -0.2) is 0 Å². The Balaban J connectivity index is 1.72. The Labute approximate surface area is 230 Å². The molecule has 2 aromatic carbocycles. The molecule has 1 unspecified atom stereocenters. The first kappa shape index (κ1) is 29.8. The van der Waals surface area contributed by atoms with Crippen molar-refractivity contribution in [2.75, 3.05) is 6.61 Å². The number of aliphatic hydroxyl groups excluding tert-OH is 3. The van der Waals surface area contributed by atoms with Crippen LogP contribution in [0.1, 0.15) is 31.4 Å². The van der Waals surface area contributed by atoms with Crippen LogP contribution in [0.15, 0.2) is 45.6 Å². The van der Waals surface area contributed by atoms with E-state index < -0.39 is 90.0 Å². The van der Waals surface area contributed by atoms with Gasteiger partial charge in [0.15, 0.2) is 17.1 Å². The molecule has 1 aromatic heterocycles. The number of carboxylic acid groups (broad SMARTS) is 1. The number of benzene rings is 2. The number of aliphatic hydroxyl groups is 4. The van der Waals surface area contributed by atoms with Crippen LogP contribution in [0.5, 0.6) is 17.2 Å². The molecule has 1 fully saturated rings. The molecule has 0 saturated carbocycles. The van der Waals surface area contributed by atoms with Crippen LogP contribution in [0.2, 0.25) is 0 Å². The SMILES string of the molecule is CC(O)(CC(=O)O)CC(=O)O[C@H]1[C@H](O)[C@@H](O)[C@H](c2c(O)cc(O)c3c(=O)cc(-c4ccc(O)cc4)oc23)O[C@@H]1CO. The fraction of sp³-hybridized carbons (Fsp3) is 0.370. The standard InChI is InChI=1S/C27H28O14/c1-27(38,8-18(33)34)9-19(35)41-24-17(10-28)40-26(23(37)22(24)36)21-14(31)6-13(30)20-15(32)7-16(39-25(20)21)11-2-4-12(29)5-3-11/h2-7,17,22-24,26,28-31,36-38H,8-10H2,1H3,(H,33,34)/t17-,22-,23-,24-,26+,27?/m1/s1. The number of ether oxygens (including phenoxy) is 2. The summed E-state index contributed by atoms with van der Waals surface area (Å²) in [7, 11) is 0. The van der Waals surface area contributed by atoms with Gasteiger partial charge < -0.3 is 54.7 Å². The highest BCUT2D eigenvalue weighted by Gasteiger charge is 2.49. The number of aromatic hydroxyl groups is 3. The number of rotatable bonds is 8. The van der Waals surface area contributed by atoms with Crippen molar-refractivity contribution in [3.05, 3.63) is 52.2 Å². The molecule has 1 aliphatic rings. The summed E-state index contributed by atoms with van der Waals surface area (Å²) in [5.74, 6) is -3.99. The minimum Gasteiger partial charge on any atom is -0.508 e. The lowest BCUT2D eigenvalue weighted by Crippen LogP contribution is -2.57. The molecule has 41 heavy (non-hydrogen) atoms. The third-order valence-corrected chi connectivity index (χ3v) is 6.62. The average molecular weight is 577 g/mol. The molecule has 3 aromatic rings. The molecule has 0 amide bonds. The molecule has 4 rings (SSSR count). The number of esters is 1. The van der Waals surface area contributed by atoms with Crippen LogP contribution in [0, 0.1) is 0 Å². The zero-order valence-corrected chi connectivity index (χ0v) is 21.5. The van der Waals surface area contributed by atoms with E-state index >= 15 is 0 Å². The lowest BCUT2D eigenvalue weighted by molar-refractivity contribution is -0.242. The van der Waals surface area contributed by atoms with E-state index in [0.29, 0.717) is 5.56 Å². The molecule has 14 nitrogen and oxygen atoms in total. The predicted octanol–water partition coefficient (Wildman–Crippen LogP) is 0.258. The molecule has 220 valence electrons. The maximum absolute atomic E-state index is 13.0. The monoisotopic (exact) mass is 576 g/mol. The van der Waals surface area contributed by atoms with E-state index in [1.54, 1.807) is 0 Å². The summed E-state index contributed by atoms with van der Waals surface area (Å²) in [5.41, 5.74) is -3.18. The van der Waals surface area contributed by atoms with Gasteiger partial charge in [-0.05, 0) is 31.2 Å². The van der Waals surface area contributed by atoms with Crippen LogP contribution in [0.25, 0.3) is 22.3 Å².